The topological polar surface area (TPSA) is 138 Å². The van der Waals surface area contributed by atoms with E-state index in [1.807, 2.05) is 0 Å². The number of sulfonamides is 1. The molecule has 0 unspecified atom stereocenters. The van der Waals surface area contributed by atoms with Crippen molar-refractivity contribution in [1.29, 1.82) is 0 Å². The summed E-state index contributed by atoms with van der Waals surface area (Å²) < 4.78 is 46.9. The van der Waals surface area contributed by atoms with E-state index in [1.165, 1.54) is 51.5 Å². The van der Waals surface area contributed by atoms with Crippen molar-refractivity contribution in [3.63, 3.8) is 0 Å². The lowest BCUT2D eigenvalue weighted by molar-refractivity contribution is -0.114. The number of carbonyl (C=O) groups is 3. The zero-order valence-electron chi connectivity index (χ0n) is 18.8. The third-order valence-corrected chi connectivity index (χ3v) is 6.66. The van der Waals surface area contributed by atoms with E-state index < -0.39 is 34.4 Å². The number of amides is 1. The van der Waals surface area contributed by atoms with Crippen molar-refractivity contribution in [3.05, 3.63) is 47.5 Å². The molecule has 1 N–H and O–H groups in total. The molecule has 3 rings (SSSR count). The Balaban J connectivity index is 1.92. The second-order valence-electron chi connectivity index (χ2n) is 7.03. The summed E-state index contributed by atoms with van der Waals surface area (Å²) in [5.41, 5.74) is 0.233. The van der Waals surface area contributed by atoms with Crippen molar-refractivity contribution >= 4 is 39.2 Å². The van der Waals surface area contributed by atoms with E-state index in [4.69, 9.17) is 14.2 Å². The van der Waals surface area contributed by atoms with Gasteiger partial charge in [0.1, 0.15) is 19.8 Å². The molecule has 0 fully saturated rings. The number of methoxy groups -OCH3 is 2. The number of fused-ring (bicyclic) bond motifs is 1. The van der Waals surface area contributed by atoms with E-state index in [-0.39, 0.29) is 28.3 Å². The van der Waals surface area contributed by atoms with Gasteiger partial charge in [0.05, 0.1) is 42.5 Å². The first-order valence-corrected chi connectivity index (χ1v) is 11.8. The Morgan fingerprint density at radius 2 is 1.65 bits per heavy atom. The van der Waals surface area contributed by atoms with Crippen molar-refractivity contribution in [1.82, 2.24) is 0 Å². The fourth-order valence-corrected chi connectivity index (χ4v) is 4.25. The number of rotatable bonds is 8. The van der Waals surface area contributed by atoms with Gasteiger partial charge in [0, 0.05) is 6.07 Å². The predicted octanol–water partition coefficient (Wildman–Crippen LogP) is 1.83. The zero-order valence-corrected chi connectivity index (χ0v) is 19.6. The van der Waals surface area contributed by atoms with Gasteiger partial charge in [0.25, 0.3) is 0 Å². The highest BCUT2D eigenvalue weighted by Crippen LogP contribution is 2.35. The minimum Gasteiger partial charge on any atom is -0.486 e. The molecular formula is C22H24N2O9S. The van der Waals surface area contributed by atoms with E-state index in [2.05, 4.69) is 10.1 Å². The number of benzene rings is 2. The van der Waals surface area contributed by atoms with Gasteiger partial charge in [-0.1, -0.05) is 0 Å². The van der Waals surface area contributed by atoms with Crippen molar-refractivity contribution in [3.8, 4) is 11.5 Å². The zero-order chi connectivity index (χ0) is 24.9. The van der Waals surface area contributed by atoms with Crippen LogP contribution in [0.3, 0.4) is 0 Å². The number of nitrogens with one attached hydrogen (secondary N) is 1. The second kappa shape index (κ2) is 10.4. The Labute approximate surface area is 196 Å². The average molecular weight is 493 g/mol. The van der Waals surface area contributed by atoms with Crippen LogP contribution in [-0.4, -0.2) is 66.0 Å². The first-order valence-electron chi connectivity index (χ1n) is 10.2. The Morgan fingerprint density at radius 1 is 0.971 bits per heavy atom. The average Bonchev–Trinajstić information content (AvgIpc) is 2.85. The minimum atomic E-state index is -3.87. The second-order valence-corrected chi connectivity index (χ2v) is 9.21. The third-order valence-electron chi connectivity index (χ3n) is 4.92. The van der Waals surface area contributed by atoms with Gasteiger partial charge in [-0.2, -0.15) is 0 Å². The molecule has 0 radical (unpaired) electrons. The number of esters is 2. The van der Waals surface area contributed by atoms with Crippen LogP contribution in [0.1, 0.15) is 27.6 Å². The highest BCUT2D eigenvalue weighted by Gasteiger charge is 2.26. The molecule has 1 aliphatic heterocycles. The van der Waals surface area contributed by atoms with E-state index >= 15 is 0 Å². The van der Waals surface area contributed by atoms with E-state index in [1.54, 1.807) is 6.07 Å². The van der Waals surface area contributed by atoms with Gasteiger partial charge in [0.2, 0.25) is 15.9 Å². The van der Waals surface area contributed by atoms with Crippen LogP contribution in [0.15, 0.2) is 36.4 Å². The van der Waals surface area contributed by atoms with Crippen LogP contribution < -0.4 is 19.1 Å². The third kappa shape index (κ3) is 5.39. The van der Waals surface area contributed by atoms with Crippen molar-refractivity contribution in [2.45, 2.75) is 6.92 Å². The first kappa shape index (κ1) is 24.8. The first-order chi connectivity index (χ1) is 16.2. The molecule has 2 aromatic carbocycles. The number of carbonyl (C=O) groups excluding carboxylic acids is 3. The van der Waals surface area contributed by atoms with Crippen LogP contribution in [-0.2, 0) is 24.3 Å². The predicted molar refractivity (Wildman–Crippen MR) is 122 cm³/mol. The standard InChI is InChI=1S/C22H24N2O9S/c1-4-34(28,29)24(15-6-8-18-19(12-15)33-10-9-32-18)13-20(25)23-17-11-14(21(26)30-2)5-7-16(17)22(27)31-3/h5-8,11-12H,4,9-10,13H2,1-3H3,(H,23,25). The van der Waals surface area contributed by atoms with Crippen LogP contribution >= 0.6 is 0 Å². The number of anilines is 2. The number of hydrogen-bond donors (Lipinski definition) is 1. The minimum absolute atomic E-state index is 0.0206. The summed E-state index contributed by atoms with van der Waals surface area (Å²) in [6, 6.07) is 8.44. The molecule has 0 spiro atoms. The molecule has 0 aliphatic carbocycles. The van der Waals surface area contributed by atoms with Gasteiger partial charge in [-0.25, -0.2) is 18.0 Å². The molecule has 12 heteroatoms. The highest BCUT2D eigenvalue weighted by molar-refractivity contribution is 7.92. The lowest BCUT2D eigenvalue weighted by atomic mass is 10.1. The Morgan fingerprint density at radius 3 is 2.29 bits per heavy atom. The van der Waals surface area contributed by atoms with Gasteiger partial charge >= 0.3 is 11.9 Å². The SMILES string of the molecule is CCS(=O)(=O)N(CC(=O)Nc1cc(C(=O)OC)ccc1C(=O)OC)c1ccc2c(c1)OCCO2. The summed E-state index contributed by atoms with van der Waals surface area (Å²) >= 11 is 0. The molecule has 182 valence electrons. The number of hydrogen-bond acceptors (Lipinski definition) is 9. The van der Waals surface area contributed by atoms with Gasteiger partial charge < -0.3 is 24.3 Å². The summed E-state index contributed by atoms with van der Waals surface area (Å²) in [5, 5.41) is 2.49. The Bertz CT molecular complexity index is 1210. The van der Waals surface area contributed by atoms with Crippen molar-refractivity contribution < 1.29 is 41.7 Å². The van der Waals surface area contributed by atoms with E-state index in [0.717, 1.165) is 4.31 Å². The van der Waals surface area contributed by atoms with Gasteiger partial charge in [-0.3, -0.25) is 9.10 Å². The van der Waals surface area contributed by atoms with E-state index in [9.17, 15) is 22.8 Å². The molecule has 11 nitrogen and oxygen atoms in total. The lowest BCUT2D eigenvalue weighted by Gasteiger charge is -2.26. The van der Waals surface area contributed by atoms with Crippen LogP contribution in [0, 0.1) is 0 Å². The fraction of sp³-hybridized carbons (Fsp3) is 0.318. The van der Waals surface area contributed by atoms with Gasteiger partial charge in [-0.05, 0) is 37.3 Å². The van der Waals surface area contributed by atoms with Crippen LogP contribution in [0.4, 0.5) is 11.4 Å². The summed E-state index contributed by atoms with van der Waals surface area (Å²) in [7, 11) is -1.52. The Kier molecular flexibility index (Phi) is 7.61. The molecule has 1 heterocycles. The smallest absolute Gasteiger partial charge is 0.339 e. The number of ether oxygens (including phenoxy) is 4. The fourth-order valence-electron chi connectivity index (χ4n) is 3.19. The molecule has 0 aromatic heterocycles. The van der Waals surface area contributed by atoms with Crippen molar-refractivity contribution in [2.75, 3.05) is 49.4 Å². The summed E-state index contributed by atoms with van der Waals surface area (Å²) in [6.07, 6.45) is 0. The van der Waals surface area contributed by atoms with Crippen LogP contribution in [0.5, 0.6) is 11.5 Å². The molecule has 1 amide bonds. The van der Waals surface area contributed by atoms with Crippen molar-refractivity contribution in [2.24, 2.45) is 0 Å². The molecule has 0 bridgehead atoms. The van der Waals surface area contributed by atoms with E-state index in [0.29, 0.717) is 24.7 Å². The van der Waals surface area contributed by atoms with Gasteiger partial charge in [0.15, 0.2) is 11.5 Å². The normalized spacial score (nSPS) is 12.4. The van der Waals surface area contributed by atoms with Crippen LogP contribution in [0.25, 0.3) is 0 Å². The molecule has 0 atom stereocenters. The Hall–Kier alpha value is -3.80. The monoisotopic (exact) mass is 492 g/mol. The maximum Gasteiger partial charge on any atom is 0.339 e. The molecule has 0 saturated carbocycles. The maximum absolute atomic E-state index is 12.9. The summed E-state index contributed by atoms with van der Waals surface area (Å²) in [5.74, 6) is -1.62. The summed E-state index contributed by atoms with van der Waals surface area (Å²) in [6.45, 7) is 1.54. The molecule has 34 heavy (non-hydrogen) atoms. The quantitative estimate of drug-likeness (QED) is 0.547. The highest BCUT2D eigenvalue weighted by atomic mass is 32.2. The molecule has 1 aliphatic rings. The molecule has 2 aromatic rings. The molecule has 0 saturated heterocycles. The molecular weight excluding hydrogens is 468 g/mol. The van der Waals surface area contributed by atoms with Crippen LogP contribution in [0.2, 0.25) is 0 Å². The number of nitrogens with zero attached hydrogens (tertiary/aromatic N) is 1. The largest absolute Gasteiger partial charge is 0.486 e. The van der Waals surface area contributed by atoms with Gasteiger partial charge in [-0.15, -0.1) is 0 Å². The maximum atomic E-state index is 12.9. The lowest BCUT2D eigenvalue weighted by Crippen LogP contribution is -2.39. The summed E-state index contributed by atoms with van der Waals surface area (Å²) in [4.78, 5) is 36.9.